The molecular formula is C12H16ClNO2. The van der Waals surface area contributed by atoms with E-state index >= 15 is 0 Å². The standard InChI is InChI=1S/C12H16ClNO2/c1-7(2)12-9(13)4-8(10(15)6-14)5-11(12)16-3/h4-5,7H,6,14H2,1-3H3. The third kappa shape index (κ3) is 2.54. The maximum Gasteiger partial charge on any atom is 0.176 e. The Balaban J connectivity index is 3.32. The fraction of sp³-hybridized carbons (Fsp3) is 0.417. The van der Waals surface area contributed by atoms with Gasteiger partial charge in [-0.25, -0.2) is 0 Å². The zero-order chi connectivity index (χ0) is 12.3. The number of hydrogen-bond acceptors (Lipinski definition) is 3. The van der Waals surface area contributed by atoms with Crippen LogP contribution in [0.1, 0.15) is 35.7 Å². The first-order valence-electron chi connectivity index (χ1n) is 5.12. The Bertz CT molecular complexity index is 402. The first-order valence-corrected chi connectivity index (χ1v) is 5.49. The Morgan fingerprint density at radius 3 is 2.56 bits per heavy atom. The summed E-state index contributed by atoms with van der Waals surface area (Å²) in [4.78, 5) is 11.5. The average Bonchev–Trinajstić information content (AvgIpc) is 2.26. The number of halogens is 1. The van der Waals surface area contributed by atoms with Gasteiger partial charge in [0.25, 0.3) is 0 Å². The molecule has 0 fully saturated rings. The summed E-state index contributed by atoms with van der Waals surface area (Å²) in [7, 11) is 1.56. The Kier molecular flexibility index (Phi) is 4.33. The molecular weight excluding hydrogens is 226 g/mol. The topological polar surface area (TPSA) is 52.3 Å². The van der Waals surface area contributed by atoms with Gasteiger partial charge in [-0.3, -0.25) is 4.79 Å². The van der Waals surface area contributed by atoms with Gasteiger partial charge in [-0.15, -0.1) is 0 Å². The van der Waals surface area contributed by atoms with E-state index in [1.807, 2.05) is 13.8 Å². The number of ether oxygens (including phenoxy) is 1. The zero-order valence-corrected chi connectivity index (χ0v) is 10.5. The largest absolute Gasteiger partial charge is 0.496 e. The summed E-state index contributed by atoms with van der Waals surface area (Å²) in [6.07, 6.45) is 0. The molecule has 16 heavy (non-hydrogen) atoms. The number of carbonyl (C=O) groups is 1. The van der Waals surface area contributed by atoms with Crippen molar-refractivity contribution < 1.29 is 9.53 Å². The third-order valence-electron chi connectivity index (χ3n) is 2.40. The SMILES string of the molecule is COc1cc(C(=O)CN)cc(Cl)c1C(C)C. The molecule has 1 aromatic carbocycles. The average molecular weight is 242 g/mol. The van der Waals surface area contributed by atoms with E-state index in [9.17, 15) is 4.79 Å². The molecule has 0 heterocycles. The van der Waals surface area contributed by atoms with E-state index < -0.39 is 0 Å². The van der Waals surface area contributed by atoms with Crippen molar-refractivity contribution in [3.8, 4) is 5.75 Å². The van der Waals surface area contributed by atoms with Gasteiger partial charge in [0.05, 0.1) is 13.7 Å². The lowest BCUT2D eigenvalue weighted by Crippen LogP contribution is -2.14. The number of Topliss-reactive ketones (excluding diaryl/α,β-unsaturated/α-hetero) is 1. The minimum absolute atomic E-state index is 0.0273. The minimum Gasteiger partial charge on any atom is -0.496 e. The van der Waals surface area contributed by atoms with Crippen molar-refractivity contribution in [1.82, 2.24) is 0 Å². The van der Waals surface area contributed by atoms with Gasteiger partial charge in [0.1, 0.15) is 5.75 Å². The van der Waals surface area contributed by atoms with E-state index in [0.717, 1.165) is 5.56 Å². The van der Waals surface area contributed by atoms with Crippen LogP contribution < -0.4 is 10.5 Å². The van der Waals surface area contributed by atoms with Crippen LogP contribution in [0.3, 0.4) is 0 Å². The summed E-state index contributed by atoms with van der Waals surface area (Å²) < 4.78 is 5.25. The first-order chi connectivity index (χ1) is 7.51. The maximum atomic E-state index is 11.5. The number of ketones is 1. The van der Waals surface area contributed by atoms with Crippen molar-refractivity contribution >= 4 is 17.4 Å². The fourth-order valence-electron chi connectivity index (χ4n) is 1.60. The molecule has 0 aromatic heterocycles. The molecule has 1 aromatic rings. The number of carbonyl (C=O) groups excluding carboxylic acids is 1. The summed E-state index contributed by atoms with van der Waals surface area (Å²) in [6.45, 7) is 4.02. The molecule has 0 aliphatic rings. The predicted octanol–water partition coefficient (Wildman–Crippen LogP) is 2.61. The Morgan fingerprint density at radius 1 is 1.50 bits per heavy atom. The molecule has 0 saturated carbocycles. The second kappa shape index (κ2) is 5.32. The summed E-state index contributed by atoms with van der Waals surface area (Å²) in [6, 6.07) is 3.34. The van der Waals surface area contributed by atoms with Crippen LogP contribution in [0.2, 0.25) is 5.02 Å². The monoisotopic (exact) mass is 241 g/mol. The molecule has 0 radical (unpaired) electrons. The van der Waals surface area contributed by atoms with E-state index in [1.54, 1.807) is 19.2 Å². The molecule has 0 aliphatic carbocycles. The Morgan fingerprint density at radius 2 is 2.12 bits per heavy atom. The molecule has 0 atom stereocenters. The van der Waals surface area contributed by atoms with Crippen LogP contribution in [0.4, 0.5) is 0 Å². The molecule has 0 amide bonds. The smallest absolute Gasteiger partial charge is 0.176 e. The maximum absolute atomic E-state index is 11.5. The molecule has 3 nitrogen and oxygen atoms in total. The summed E-state index contributed by atoms with van der Waals surface area (Å²) in [5.41, 5.74) is 6.72. The van der Waals surface area contributed by atoms with Crippen LogP contribution in [0.15, 0.2) is 12.1 Å². The number of nitrogens with two attached hydrogens (primary N) is 1. The number of hydrogen-bond donors (Lipinski definition) is 1. The number of rotatable bonds is 4. The molecule has 0 unspecified atom stereocenters. The molecule has 0 saturated heterocycles. The summed E-state index contributed by atoms with van der Waals surface area (Å²) in [5.74, 6) is 0.735. The van der Waals surface area contributed by atoms with Crippen LogP contribution in [0.25, 0.3) is 0 Å². The Hall–Kier alpha value is -1.06. The highest BCUT2D eigenvalue weighted by molar-refractivity contribution is 6.32. The van der Waals surface area contributed by atoms with Crippen LogP contribution in [0, 0.1) is 0 Å². The van der Waals surface area contributed by atoms with Crippen LogP contribution in [-0.4, -0.2) is 19.4 Å². The molecule has 0 aliphatic heterocycles. The quantitative estimate of drug-likeness (QED) is 0.825. The molecule has 1 rings (SSSR count). The van der Waals surface area contributed by atoms with Crippen molar-refractivity contribution in [2.45, 2.75) is 19.8 Å². The number of methoxy groups -OCH3 is 1. The van der Waals surface area contributed by atoms with E-state index in [2.05, 4.69) is 0 Å². The van der Waals surface area contributed by atoms with E-state index in [4.69, 9.17) is 22.1 Å². The van der Waals surface area contributed by atoms with Gasteiger partial charge in [-0.05, 0) is 18.1 Å². The number of benzene rings is 1. The second-order valence-electron chi connectivity index (χ2n) is 3.86. The molecule has 0 spiro atoms. The van der Waals surface area contributed by atoms with Crippen molar-refractivity contribution in [3.63, 3.8) is 0 Å². The predicted molar refractivity (Wildman–Crippen MR) is 65.5 cm³/mol. The Labute approximate surface area is 101 Å². The van der Waals surface area contributed by atoms with Gasteiger partial charge >= 0.3 is 0 Å². The lowest BCUT2D eigenvalue weighted by atomic mass is 9.99. The van der Waals surface area contributed by atoms with Crippen molar-refractivity contribution in [1.29, 1.82) is 0 Å². The lowest BCUT2D eigenvalue weighted by Gasteiger charge is -2.15. The van der Waals surface area contributed by atoms with Crippen LogP contribution >= 0.6 is 11.6 Å². The van der Waals surface area contributed by atoms with Gasteiger partial charge in [-0.2, -0.15) is 0 Å². The molecule has 88 valence electrons. The van der Waals surface area contributed by atoms with Gasteiger partial charge in [0, 0.05) is 16.1 Å². The molecule has 0 bridgehead atoms. The zero-order valence-electron chi connectivity index (χ0n) is 9.71. The second-order valence-corrected chi connectivity index (χ2v) is 4.26. The van der Waals surface area contributed by atoms with Crippen molar-refractivity contribution in [2.75, 3.05) is 13.7 Å². The first kappa shape index (κ1) is 13.0. The third-order valence-corrected chi connectivity index (χ3v) is 2.71. The van der Waals surface area contributed by atoms with Gasteiger partial charge in [0.15, 0.2) is 5.78 Å². The normalized spacial score (nSPS) is 10.6. The molecule has 4 heteroatoms. The minimum atomic E-state index is -0.143. The van der Waals surface area contributed by atoms with Gasteiger partial charge < -0.3 is 10.5 Å². The molecule has 2 N–H and O–H groups in total. The van der Waals surface area contributed by atoms with E-state index in [1.165, 1.54) is 0 Å². The van der Waals surface area contributed by atoms with E-state index in [-0.39, 0.29) is 18.2 Å². The van der Waals surface area contributed by atoms with Crippen LogP contribution in [0.5, 0.6) is 5.75 Å². The highest BCUT2D eigenvalue weighted by atomic mass is 35.5. The fourth-order valence-corrected chi connectivity index (χ4v) is 2.03. The lowest BCUT2D eigenvalue weighted by molar-refractivity contribution is 0.100. The van der Waals surface area contributed by atoms with Crippen LogP contribution in [-0.2, 0) is 0 Å². The summed E-state index contributed by atoms with van der Waals surface area (Å²) >= 11 is 6.14. The van der Waals surface area contributed by atoms with E-state index in [0.29, 0.717) is 16.3 Å². The highest BCUT2D eigenvalue weighted by Crippen LogP contribution is 2.34. The van der Waals surface area contributed by atoms with Gasteiger partial charge in [-0.1, -0.05) is 25.4 Å². The van der Waals surface area contributed by atoms with Gasteiger partial charge in [0.2, 0.25) is 0 Å². The van der Waals surface area contributed by atoms with Crippen molar-refractivity contribution in [3.05, 3.63) is 28.3 Å². The summed E-state index contributed by atoms with van der Waals surface area (Å²) in [5, 5.41) is 0.547. The highest BCUT2D eigenvalue weighted by Gasteiger charge is 2.15. The van der Waals surface area contributed by atoms with Crippen molar-refractivity contribution in [2.24, 2.45) is 5.73 Å².